The van der Waals surface area contributed by atoms with Crippen LogP contribution in [0.5, 0.6) is 0 Å². The maximum atomic E-state index is 11.8. The van der Waals surface area contributed by atoms with Crippen LogP contribution in [0.3, 0.4) is 0 Å². The molecule has 1 rings (SSSR count). The number of aliphatic carboxylic acids is 1. The third-order valence-electron chi connectivity index (χ3n) is 3.89. The molecule has 8 heteroatoms. The normalized spacial score (nSPS) is 18.6. The van der Waals surface area contributed by atoms with Gasteiger partial charge in [0, 0.05) is 25.9 Å². The Bertz CT molecular complexity index is 466. The minimum absolute atomic E-state index is 0.0754. The van der Waals surface area contributed by atoms with Crippen molar-refractivity contribution in [1.29, 1.82) is 0 Å². The minimum Gasteiger partial charge on any atom is -0.481 e. The highest BCUT2D eigenvalue weighted by atomic mass is 32.2. The van der Waals surface area contributed by atoms with Crippen molar-refractivity contribution >= 4 is 21.8 Å². The van der Waals surface area contributed by atoms with E-state index in [1.54, 1.807) is 4.90 Å². The summed E-state index contributed by atoms with van der Waals surface area (Å²) in [7, 11) is -3.10. The predicted octanol–water partition coefficient (Wildman–Crippen LogP) is 0.317. The van der Waals surface area contributed by atoms with Gasteiger partial charge in [0.25, 0.3) is 0 Å². The van der Waals surface area contributed by atoms with Gasteiger partial charge in [-0.05, 0) is 19.3 Å². The second-order valence-electron chi connectivity index (χ2n) is 5.29. The molecule has 7 nitrogen and oxygen atoms in total. The van der Waals surface area contributed by atoms with E-state index in [4.69, 9.17) is 0 Å². The van der Waals surface area contributed by atoms with E-state index in [0.29, 0.717) is 32.4 Å². The molecule has 0 aromatic carbocycles. The van der Waals surface area contributed by atoms with E-state index in [0.717, 1.165) is 6.26 Å². The quantitative estimate of drug-likeness (QED) is 0.761. The summed E-state index contributed by atoms with van der Waals surface area (Å²) in [5.41, 5.74) is -0.733. The fourth-order valence-corrected chi connectivity index (χ4v) is 2.78. The van der Waals surface area contributed by atoms with E-state index < -0.39 is 21.2 Å². The molecule has 1 saturated heterocycles. The van der Waals surface area contributed by atoms with Crippen LogP contribution in [0.4, 0.5) is 4.79 Å². The zero-order chi connectivity index (χ0) is 15.4. The van der Waals surface area contributed by atoms with Crippen molar-refractivity contribution in [3.8, 4) is 0 Å². The first kappa shape index (κ1) is 16.7. The Morgan fingerprint density at radius 1 is 1.30 bits per heavy atom. The maximum Gasteiger partial charge on any atom is 0.317 e. The number of hydrogen-bond acceptors (Lipinski definition) is 4. The van der Waals surface area contributed by atoms with Gasteiger partial charge < -0.3 is 15.3 Å². The van der Waals surface area contributed by atoms with Crippen molar-refractivity contribution in [2.24, 2.45) is 5.41 Å². The van der Waals surface area contributed by atoms with Gasteiger partial charge in [-0.25, -0.2) is 13.2 Å². The number of carbonyl (C=O) groups excluding carboxylic acids is 1. The average Bonchev–Trinajstić information content (AvgIpc) is 2.37. The molecule has 0 aliphatic carbocycles. The number of nitrogens with one attached hydrogen (secondary N) is 1. The summed E-state index contributed by atoms with van der Waals surface area (Å²) >= 11 is 0. The molecule has 1 aliphatic heterocycles. The maximum absolute atomic E-state index is 11.8. The molecule has 1 aliphatic rings. The van der Waals surface area contributed by atoms with E-state index in [-0.39, 0.29) is 18.3 Å². The van der Waals surface area contributed by atoms with E-state index in [9.17, 15) is 23.1 Å². The second-order valence-corrected chi connectivity index (χ2v) is 7.55. The summed E-state index contributed by atoms with van der Waals surface area (Å²) in [5.74, 6) is -0.905. The fraction of sp³-hybridized carbons (Fsp3) is 0.833. The molecular formula is C12H22N2O5S. The molecule has 2 N–H and O–H groups in total. The van der Waals surface area contributed by atoms with Crippen molar-refractivity contribution in [1.82, 2.24) is 10.2 Å². The number of amides is 2. The molecule has 0 saturated carbocycles. The first-order valence-electron chi connectivity index (χ1n) is 6.64. The third kappa shape index (κ3) is 4.36. The van der Waals surface area contributed by atoms with Crippen LogP contribution >= 0.6 is 0 Å². The highest BCUT2D eigenvalue weighted by Crippen LogP contribution is 2.35. The summed E-state index contributed by atoms with van der Waals surface area (Å²) in [5, 5.41) is 11.8. The zero-order valence-corrected chi connectivity index (χ0v) is 12.7. The topological polar surface area (TPSA) is 104 Å². The number of carboxylic acids is 1. The summed E-state index contributed by atoms with van der Waals surface area (Å²) in [4.78, 5) is 24.6. The molecule has 1 heterocycles. The molecule has 20 heavy (non-hydrogen) atoms. The molecule has 116 valence electrons. The molecular weight excluding hydrogens is 284 g/mol. The lowest BCUT2D eigenvalue weighted by Crippen LogP contribution is -2.50. The third-order valence-corrected chi connectivity index (χ3v) is 4.83. The predicted molar refractivity (Wildman–Crippen MR) is 74.3 cm³/mol. The van der Waals surface area contributed by atoms with Crippen LogP contribution in [0.2, 0.25) is 0 Å². The van der Waals surface area contributed by atoms with Crippen LogP contribution in [-0.4, -0.2) is 62.1 Å². The van der Waals surface area contributed by atoms with Gasteiger partial charge in [-0.2, -0.15) is 0 Å². The van der Waals surface area contributed by atoms with Crippen molar-refractivity contribution in [3.05, 3.63) is 0 Å². The van der Waals surface area contributed by atoms with Crippen molar-refractivity contribution in [2.45, 2.75) is 26.2 Å². The number of urea groups is 1. The Hall–Kier alpha value is -1.31. The highest BCUT2D eigenvalue weighted by molar-refractivity contribution is 7.90. The van der Waals surface area contributed by atoms with Gasteiger partial charge in [0.15, 0.2) is 0 Å². The van der Waals surface area contributed by atoms with Crippen molar-refractivity contribution in [2.75, 3.05) is 31.6 Å². The number of hydrogen-bond donors (Lipinski definition) is 2. The SMILES string of the molecule is CCC1(C(=O)O)CCN(C(=O)NCCS(C)(=O)=O)CC1. The Kier molecular flexibility index (Phi) is 5.38. The van der Waals surface area contributed by atoms with Gasteiger partial charge in [0.1, 0.15) is 9.84 Å². The second kappa shape index (κ2) is 6.43. The van der Waals surface area contributed by atoms with E-state index >= 15 is 0 Å². The average molecular weight is 306 g/mol. The lowest BCUT2D eigenvalue weighted by atomic mass is 9.76. The van der Waals surface area contributed by atoms with Crippen LogP contribution in [0, 0.1) is 5.41 Å². The Labute approximate surface area is 119 Å². The van der Waals surface area contributed by atoms with Crippen molar-refractivity contribution < 1.29 is 23.1 Å². The van der Waals surface area contributed by atoms with Gasteiger partial charge in [0.2, 0.25) is 0 Å². The summed E-state index contributed by atoms with van der Waals surface area (Å²) in [6.45, 7) is 2.68. The number of likely N-dealkylation sites (tertiary alicyclic amines) is 1. The highest BCUT2D eigenvalue weighted by Gasteiger charge is 2.40. The molecule has 0 aromatic rings. The fourth-order valence-electron chi connectivity index (χ4n) is 2.31. The minimum atomic E-state index is -3.10. The van der Waals surface area contributed by atoms with E-state index in [2.05, 4.69) is 5.32 Å². The zero-order valence-electron chi connectivity index (χ0n) is 11.9. The summed E-state index contributed by atoms with van der Waals surface area (Å²) < 4.78 is 21.9. The summed E-state index contributed by atoms with van der Waals surface area (Å²) in [6, 6.07) is -0.330. The standard InChI is InChI=1S/C12H22N2O5S/c1-3-12(10(15)16)4-7-14(8-5-12)11(17)13-6-9-20(2,18)19/h3-9H2,1-2H3,(H,13,17)(H,15,16). The Balaban J connectivity index is 2.45. The lowest BCUT2D eigenvalue weighted by molar-refractivity contribution is -0.151. The van der Waals surface area contributed by atoms with E-state index in [1.807, 2.05) is 6.92 Å². The van der Waals surface area contributed by atoms with Crippen molar-refractivity contribution in [3.63, 3.8) is 0 Å². The number of nitrogens with zero attached hydrogens (tertiary/aromatic N) is 1. The van der Waals surface area contributed by atoms with Gasteiger partial charge >= 0.3 is 12.0 Å². The van der Waals surface area contributed by atoms with Gasteiger partial charge in [-0.3, -0.25) is 4.79 Å². The Morgan fingerprint density at radius 3 is 2.25 bits per heavy atom. The van der Waals surface area contributed by atoms with Gasteiger partial charge in [-0.15, -0.1) is 0 Å². The van der Waals surface area contributed by atoms with E-state index in [1.165, 1.54) is 0 Å². The first-order chi connectivity index (χ1) is 9.20. The van der Waals surface area contributed by atoms with Crippen LogP contribution in [0.15, 0.2) is 0 Å². The number of carboxylic acid groups (broad SMARTS) is 1. The van der Waals surface area contributed by atoms with Crippen LogP contribution in [0.25, 0.3) is 0 Å². The smallest absolute Gasteiger partial charge is 0.317 e. The van der Waals surface area contributed by atoms with Gasteiger partial charge in [-0.1, -0.05) is 6.92 Å². The molecule has 1 fully saturated rings. The molecule has 0 unspecified atom stereocenters. The Morgan fingerprint density at radius 2 is 1.85 bits per heavy atom. The monoisotopic (exact) mass is 306 g/mol. The number of carbonyl (C=O) groups is 2. The molecule has 0 spiro atoms. The molecule has 0 bridgehead atoms. The summed E-state index contributed by atoms with van der Waals surface area (Å²) in [6.07, 6.45) is 2.52. The molecule has 0 aromatic heterocycles. The molecule has 0 radical (unpaired) electrons. The number of rotatable bonds is 5. The molecule has 0 atom stereocenters. The largest absolute Gasteiger partial charge is 0.481 e. The van der Waals surface area contributed by atoms with Crippen LogP contribution in [-0.2, 0) is 14.6 Å². The number of sulfone groups is 1. The van der Waals surface area contributed by atoms with Crippen LogP contribution < -0.4 is 5.32 Å². The number of piperidine rings is 1. The first-order valence-corrected chi connectivity index (χ1v) is 8.70. The van der Waals surface area contributed by atoms with Crippen LogP contribution in [0.1, 0.15) is 26.2 Å². The van der Waals surface area contributed by atoms with Gasteiger partial charge in [0.05, 0.1) is 11.2 Å². The molecule has 2 amide bonds. The lowest BCUT2D eigenvalue weighted by Gasteiger charge is -2.38.